The summed E-state index contributed by atoms with van der Waals surface area (Å²) in [5.74, 6) is 0.242. The number of nitrogens with two attached hydrogens (primary N) is 1. The summed E-state index contributed by atoms with van der Waals surface area (Å²) in [5.41, 5.74) is 5.63. The van der Waals surface area contributed by atoms with Gasteiger partial charge >= 0.3 is 0 Å². The summed E-state index contributed by atoms with van der Waals surface area (Å²) < 4.78 is 0. The molecule has 0 aliphatic heterocycles. The van der Waals surface area contributed by atoms with Crippen LogP contribution in [0, 0.1) is 5.41 Å². The van der Waals surface area contributed by atoms with Gasteiger partial charge in [0.15, 0.2) is 0 Å². The maximum absolute atomic E-state index is 12.9. The fourth-order valence-corrected chi connectivity index (χ4v) is 3.38. The van der Waals surface area contributed by atoms with E-state index in [1.165, 1.54) is 25.7 Å². The van der Waals surface area contributed by atoms with Gasteiger partial charge in [-0.3, -0.25) is 4.79 Å². The van der Waals surface area contributed by atoms with Crippen molar-refractivity contribution in [3.63, 3.8) is 0 Å². The highest BCUT2D eigenvalue weighted by molar-refractivity contribution is 5.83. The van der Waals surface area contributed by atoms with Crippen LogP contribution in [-0.4, -0.2) is 42.2 Å². The van der Waals surface area contributed by atoms with Gasteiger partial charge in [-0.2, -0.15) is 0 Å². The van der Waals surface area contributed by atoms with E-state index in [4.69, 9.17) is 10.8 Å². The van der Waals surface area contributed by atoms with Crippen molar-refractivity contribution in [1.82, 2.24) is 4.90 Å². The predicted molar refractivity (Wildman–Crippen MR) is 87.0 cm³/mol. The van der Waals surface area contributed by atoms with E-state index in [0.29, 0.717) is 19.5 Å². The number of unbranched alkanes of at least 4 members (excludes halogenated alkanes) is 4. The molecule has 0 aromatic carbocycles. The van der Waals surface area contributed by atoms with Crippen molar-refractivity contribution in [3.8, 4) is 0 Å². The lowest BCUT2D eigenvalue weighted by Gasteiger charge is -2.33. The Morgan fingerprint density at radius 3 is 2.29 bits per heavy atom. The Hall–Kier alpha value is -0.610. The van der Waals surface area contributed by atoms with Gasteiger partial charge < -0.3 is 15.7 Å². The van der Waals surface area contributed by atoms with Crippen molar-refractivity contribution in [2.75, 3.05) is 26.2 Å². The van der Waals surface area contributed by atoms with E-state index in [2.05, 4.69) is 6.92 Å². The molecule has 0 aromatic rings. The Labute approximate surface area is 130 Å². The molecule has 1 fully saturated rings. The van der Waals surface area contributed by atoms with Crippen LogP contribution in [0.15, 0.2) is 0 Å². The summed E-state index contributed by atoms with van der Waals surface area (Å²) in [5, 5.41) is 9.06. The van der Waals surface area contributed by atoms with Gasteiger partial charge in [0.2, 0.25) is 5.91 Å². The smallest absolute Gasteiger partial charge is 0.230 e. The number of hydrogen-bond acceptors (Lipinski definition) is 3. The van der Waals surface area contributed by atoms with Crippen LogP contribution in [0.5, 0.6) is 0 Å². The normalized spacial score (nSPS) is 17.1. The predicted octanol–water partition coefficient (Wildman–Crippen LogP) is 2.69. The Morgan fingerprint density at radius 1 is 1.10 bits per heavy atom. The molecule has 0 radical (unpaired) electrons. The third kappa shape index (κ3) is 5.59. The Morgan fingerprint density at radius 2 is 1.71 bits per heavy atom. The number of aliphatic hydroxyl groups is 1. The number of hydrogen-bond donors (Lipinski definition) is 2. The van der Waals surface area contributed by atoms with E-state index >= 15 is 0 Å². The molecule has 0 spiro atoms. The molecule has 4 nitrogen and oxygen atoms in total. The Kier molecular flexibility index (Phi) is 8.93. The highest BCUT2D eigenvalue weighted by atomic mass is 16.3. The molecular formula is C17H34N2O2. The summed E-state index contributed by atoms with van der Waals surface area (Å²) in [6, 6.07) is 0. The summed E-state index contributed by atoms with van der Waals surface area (Å²) in [7, 11) is 0. The average molecular weight is 298 g/mol. The van der Waals surface area contributed by atoms with E-state index in [9.17, 15) is 4.79 Å². The summed E-state index contributed by atoms with van der Waals surface area (Å²) in [6.07, 6.45) is 10.8. The topological polar surface area (TPSA) is 66.6 Å². The third-order valence-electron chi connectivity index (χ3n) is 4.81. The van der Waals surface area contributed by atoms with E-state index in [0.717, 1.165) is 38.6 Å². The van der Waals surface area contributed by atoms with Gasteiger partial charge in [0.25, 0.3) is 0 Å². The summed E-state index contributed by atoms with van der Waals surface area (Å²) >= 11 is 0. The lowest BCUT2D eigenvalue weighted by molar-refractivity contribution is -0.141. The van der Waals surface area contributed by atoms with Crippen LogP contribution in [0.4, 0.5) is 0 Å². The number of aliphatic hydroxyl groups excluding tert-OH is 1. The van der Waals surface area contributed by atoms with Crippen LogP contribution in [0.1, 0.15) is 71.1 Å². The Balaban J connectivity index is 2.52. The fraction of sp³-hybridized carbons (Fsp3) is 0.941. The van der Waals surface area contributed by atoms with Crippen LogP contribution in [0.25, 0.3) is 0 Å². The zero-order valence-electron chi connectivity index (χ0n) is 13.8. The van der Waals surface area contributed by atoms with Gasteiger partial charge in [-0.15, -0.1) is 0 Å². The molecule has 0 bridgehead atoms. The summed E-state index contributed by atoms with van der Waals surface area (Å²) in [6.45, 7) is 4.32. The molecule has 0 heterocycles. The second-order valence-electron chi connectivity index (χ2n) is 6.48. The maximum Gasteiger partial charge on any atom is 0.230 e. The molecule has 0 atom stereocenters. The van der Waals surface area contributed by atoms with E-state index in [-0.39, 0.29) is 17.9 Å². The van der Waals surface area contributed by atoms with Gasteiger partial charge in [-0.05, 0) is 25.7 Å². The average Bonchev–Trinajstić information content (AvgIpc) is 2.99. The number of rotatable bonds is 11. The minimum Gasteiger partial charge on any atom is -0.396 e. The van der Waals surface area contributed by atoms with Crippen molar-refractivity contribution in [1.29, 1.82) is 0 Å². The first-order chi connectivity index (χ1) is 10.2. The number of nitrogens with zero attached hydrogens (tertiary/aromatic N) is 1. The van der Waals surface area contributed by atoms with Crippen molar-refractivity contribution >= 4 is 5.91 Å². The van der Waals surface area contributed by atoms with Crippen LogP contribution in [0.3, 0.4) is 0 Å². The fourth-order valence-electron chi connectivity index (χ4n) is 3.38. The minimum atomic E-state index is -0.307. The summed E-state index contributed by atoms with van der Waals surface area (Å²) in [4.78, 5) is 14.9. The second-order valence-corrected chi connectivity index (χ2v) is 6.48. The number of amides is 1. The molecule has 1 aliphatic carbocycles. The standard InChI is InChI=1S/C17H34N2O2/c1-2-3-4-5-8-12-19(13-9-14-20)16(21)17(15-18)10-6-7-11-17/h20H,2-15,18H2,1H3. The van der Waals surface area contributed by atoms with Crippen molar-refractivity contribution in [2.24, 2.45) is 11.1 Å². The van der Waals surface area contributed by atoms with E-state index < -0.39 is 0 Å². The first kappa shape index (κ1) is 18.4. The highest BCUT2D eigenvalue weighted by Crippen LogP contribution is 2.38. The highest BCUT2D eigenvalue weighted by Gasteiger charge is 2.41. The quantitative estimate of drug-likeness (QED) is 0.576. The third-order valence-corrected chi connectivity index (χ3v) is 4.81. The molecule has 1 saturated carbocycles. The van der Waals surface area contributed by atoms with Crippen LogP contribution in [-0.2, 0) is 4.79 Å². The van der Waals surface area contributed by atoms with Gasteiger partial charge in [-0.1, -0.05) is 45.4 Å². The molecule has 0 aromatic heterocycles. The molecule has 1 amide bonds. The van der Waals surface area contributed by atoms with E-state index in [1.54, 1.807) is 0 Å². The van der Waals surface area contributed by atoms with Gasteiger partial charge in [-0.25, -0.2) is 0 Å². The molecule has 0 unspecified atom stereocenters. The van der Waals surface area contributed by atoms with Crippen LogP contribution in [0.2, 0.25) is 0 Å². The number of carbonyl (C=O) groups excluding carboxylic acids is 1. The molecule has 3 N–H and O–H groups in total. The SMILES string of the molecule is CCCCCCCN(CCCO)C(=O)C1(CN)CCCC1. The van der Waals surface area contributed by atoms with E-state index in [1.807, 2.05) is 4.90 Å². The van der Waals surface area contributed by atoms with Gasteiger partial charge in [0.05, 0.1) is 5.41 Å². The number of carbonyl (C=O) groups is 1. The van der Waals surface area contributed by atoms with Crippen molar-refractivity contribution < 1.29 is 9.90 Å². The second kappa shape index (κ2) is 10.2. The van der Waals surface area contributed by atoms with Crippen LogP contribution < -0.4 is 5.73 Å². The van der Waals surface area contributed by atoms with Crippen molar-refractivity contribution in [2.45, 2.75) is 71.1 Å². The molecule has 1 rings (SSSR count). The molecule has 1 aliphatic rings. The van der Waals surface area contributed by atoms with Gasteiger partial charge in [0, 0.05) is 26.2 Å². The first-order valence-corrected chi connectivity index (χ1v) is 8.80. The monoisotopic (exact) mass is 298 g/mol. The lowest BCUT2D eigenvalue weighted by Crippen LogP contribution is -2.47. The Bertz CT molecular complexity index is 289. The molecule has 0 saturated heterocycles. The van der Waals surface area contributed by atoms with Crippen molar-refractivity contribution in [3.05, 3.63) is 0 Å². The molecular weight excluding hydrogens is 264 g/mol. The largest absolute Gasteiger partial charge is 0.396 e. The molecule has 4 heteroatoms. The van der Waals surface area contributed by atoms with Crippen LogP contribution >= 0.6 is 0 Å². The van der Waals surface area contributed by atoms with Gasteiger partial charge in [0.1, 0.15) is 0 Å². The minimum absolute atomic E-state index is 0.148. The molecule has 21 heavy (non-hydrogen) atoms. The maximum atomic E-state index is 12.9. The zero-order chi connectivity index (χ0) is 15.6. The first-order valence-electron chi connectivity index (χ1n) is 8.80. The molecule has 124 valence electrons. The zero-order valence-corrected chi connectivity index (χ0v) is 13.8. The lowest BCUT2D eigenvalue weighted by atomic mass is 9.84.